The predicted molar refractivity (Wildman–Crippen MR) is 50.4 cm³/mol. The molecule has 0 unspecified atom stereocenters. The number of nitro benzene ring substituents is 1. The zero-order valence-corrected chi connectivity index (χ0v) is 7.38. The van der Waals surface area contributed by atoms with E-state index in [2.05, 4.69) is 0 Å². The molecule has 1 aliphatic rings. The third-order valence-corrected chi connectivity index (χ3v) is 1.97. The lowest BCUT2D eigenvalue weighted by Crippen LogP contribution is -2.31. The van der Waals surface area contributed by atoms with Gasteiger partial charge in [0.2, 0.25) is 0 Å². The number of benzene rings is 1. The molecule has 1 saturated heterocycles. The zero-order chi connectivity index (χ0) is 9.97. The van der Waals surface area contributed by atoms with Gasteiger partial charge in [-0.1, -0.05) is 12.1 Å². The van der Waals surface area contributed by atoms with Crippen molar-refractivity contribution in [2.45, 2.75) is 0 Å². The van der Waals surface area contributed by atoms with Crippen molar-refractivity contribution in [2.24, 2.45) is 0 Å². The number of rotatable bonds is 2. The van der Waals surface area contributed by atoms with Crippen molar-refractivity contribution in [1.82, 2.24) is 0 Å². The first-order valence-corrected chi connectivity index (χ1v) is 4.25. The van der Waals surface area contributed by atoms with Crippen molar-refractivity contribution in [2.75, 3.05) is 13.2 Å². The largest absolute Gasteiger partial charge is 0.494 e. The van der Waals surface area contributed by atoms with Gasteiger partial charge in [-0.3, -0.25) is 10.1 Å². The Morgan fingerprint density at radius 1 is 1.36 bits per heavy atom. The summed E-state index contributed by atoms with van der Waals surface area (Å²) in [7, 11) is -0.449. The minimum absolute atomic E-state index is 0.0570. The van der Waals surface area contributed by atoms with Crippen LogP contribution in [0.25, 0.3) is 0 Å². The highest BCUT2D eigenvalue weighted by Crippen LogP contribution is 2.09. The molecule has 2 rings (SSSR count). The maximum Gasteiger partial charge on any atom is 0.494 e. The van der Waals surface area contributed by atoms with Crippen LogP contribution in [0.15, 0.2) is 24.3 Å². The lowest BCUT2D eigenvalue weighted by Gasteiger charge is -2.02. The van der Waals surface area contributed by atoms with E-state index in [0.717, 1.165) is 0 Å². The summed E-state index contributed by atoms with van der Waals surface area (Å²) < 4.78 is 10.5. The molecule has 6 heteroatoms. The van der Waals surface area contributed by atoms with E-state index in [-0.39, 0.29) is 5.69 Å². The van der Waals surface area contributed by atoms with E-state index in [4.69, 9.17) is 9.31 Å². The Hall–Kier alpha value is -1.40. The van der Waals surface area contributed by atoms with Crippen molar-refractivity contribution in [3.8, 4) is 0 Å². The summed E-state index contributed by atoms with van der Waals surface area (Å²) >= 11 is 0. The van der Waals surface area contributed by atoms with Crippen molar-refractivity contribution in [3.05, 3.63) is 34.4 Å². The van der Waals surface area contributed by atoms with Crippen LogP contribution in [0.5, 0.6) is 0 Å². The third kappa shape index (κ3) is 1.76. The van der Waals surface area contributed by atoms with Crippen LogP contribution in [-0.4, -0.2) is 25.3 Å². The minimum Gasteiger partial charge on any atom is -0.405 e. The molecule has 0 aromatic heterocycles. The van der Waals surface area contributed by atoms with E-state index in [9.17, 15) is 10.1 Å². The molecular formula is C8H8BNO4. The Morgan fingerprint density at radius 2 is 2.07 bits per heavy atom. The number of hydrogen-bond donors (Lipinski definition) is 0. The van der Waals surface area contributed by atoms with E-state index >= 15 is 0 Å². The molecule has 0 saturated carbocycles. The number of nitrogens with zero attached hydrogens (tertiary/aromatic N) is 1. The van der Waals surface area contributed by atoms with Gasteiger partial charge in [-0.05, 0) is 5.46 Å². The number of non-ortho nitro benzene ring substituents is 1. The molecule has 0 aliphatic carbocycles. The van der Waals surface area contributed by atoms with Gasteiger partial charge in [0.05, 0.1) is 18.1 Å². The van der Waals surface area contributed by atoms with Gasteiger partial charge in [-0.2, -0.15) is 0 Å². The maximum absolute atomic E-state index is 10.5. The second kappa shape index (κ2) is 3.77. The van der Waals surface area contributed by atoms with E-state index in [1.807, 2.05) is 0 Å². The number of hydrogen-bond acceptors (Lipinski definition) is 4. The van der Waals surface area contributed by atoms with E-state index < -0.39 is 12.0 Å². The van der Waals surface area contributed by atoms with Gasteiger partial charge < -0.3 is 9.31 Å². The van der Waals surface area contributed by atoms with Gasteiger partial charge in [0.25, 0.3) is 5.69 Å². The quantitative estimate of drug-likeness (QED) is 0.385. The topological polar surface area (TPSA) is 61.6 Å². The third-order valence-electron chi connectivity index (χ3n) is 1.97. The molecule has 1 aromatic carbocycles. The van der Waals surface area contributed by atoms with Gasteiger partial charge in [-0.15, -0.1) is 0 Å². The Balaban J connectivity index is 2.25. The summed E-state index contributed by atoms with van der Waals surface area (Å²) in [6.07, 6.45) is 0. The van der Waals surface area contributed by atoms with Crippen LogP contribution in [0.1, 0.15) is 0 Å². The predicted octanol–water partition coefficient (Wildman–Crippen LogP) is 0.337. The van der Waals surface area contributed by atoms with E-state index in [0.29, 0.717) is 18.7 Å². The van der Waals surface area contributed by atoms with Crippen LogP contribution in [0.2, 0.25) is 0 Å². The molecule has 0 N–H and O–H groups in total. The fourth-order valence-corrected chi connectivity index (χ4v) is 1.34. The zero-order valence-electron chi connectivity index (χ0n) is 7.38. The Morgan fingerprint density at radius 3 is 2.71 bits per heavy atom. The van der Waals surface area contributed by atoms with Gasteiger partial charge in [0, 0.05) is 12.1 Å². The summed E-state index contributed by atoms with van der Waals surface area (Å²) in [6, 6.07) is 6.29. The van der Waals surface area contributed by atoms with Gasteiger partial charge in [-0.25, -0.2) is 0 Å². The molecule has 1 heterocycles. The molecule has 0 amide bonds. The summed E-state index contributed by atoms with van der Waals surface area (Å²) in [5, 5.41) is 10.5. The monoisotopic (exact) mass is 193 g/mol. The Bertz CT molecular complexity index is 351. The van der Waals surface area contributed by atoms with Crippen LogP contribution in [0, 0.1) is 10.1 Å². The molecule has 0 spiro atoms. The van der Waals surface area contributed by atoms with Crippen LogP contribution >= 0.6 is 0 Å². The molecule has 1 aliphatic heterocycles. The molecule has 14 heavy (non-hydrogen) atoms. The Kier molecular flexibility index (Phi) is 2.47. The second-order valence-electron chi connectivity index (χ2n) is 2.93. The van der Waals surface area contributed by atoms with E-state index in [1.54, 1.807) is 12.1 Å². The molecule has 1 aromatic rings. The summed E-state index contributed by atoms with van der Waals surface area (Å²) in [5.74, 6) is 0. The van der Waals surface area contributed by atoms with Crippen LogP contribution in [0.3, 0.4) is 0 Å². The minimum atomic E-state index is -0.449. The standard InChI is InChI=1S/C8H8BNO4/c11-10(12)8-3-1-2-7(6-8)9-13-4-5-14-9/h1-3,6H,4-5H2. The number of nitro groups is 1. The van der Waals surface area contributed by atoms with Crippen molar-refractivity contribution in [3.63, 3.8) is 0 Å². The molecule has 0 bridgehead atoms. The summed E-state index contributed by atoms with van der Waals surface area (Å²) in [4.78, 5) is 10.1. The molecule has 72 valence electrons. The first kappa shape index (κ1) is 9.17. The van der Waals surface area contributed by atoms with Crippen molar-refractivity contribution >= 4 is 18.3 Å². The summed E-state index contributed by atoms with van der Waals surface area (Å²) in [6.45, 7) is 1.07. The lowest BCUT2D eigenvalue weighted by atomic mass is 9.79. The molecule has 0 atom stereocenters. The van der Waals surface area contributed by atoms with Gasteiger partial charge >= 0.3 is 7.12 Å². The summed E-state index contributed by atoms with van der Waals surface area (Å²) in [5.41, 5.74) is 0.748. The van der Waals surface area contributed by atoms with Crippen LogP contribution in [-0.2, 0) is 9.31 Å². The van der Waals surface area contributed by atoms with Gasteiger partial charge in [0.1, 0.15) is 0 Å². The molecule has 0 radical (unpaired) electrons. The van der Waals surface area contributed by atoms with Gasteiger partial charge in [0.15, 0.2) is 0 Å². The molecular weight excluding hydrogens is 185 g/mol. The first-order valence-electron chi connectivity index (χ1n) is 4.25. The van der Waals surface area contributed by atoms with Crippen molar-refractivity contribution in [1.29, 1.82) is 0 Å². The molecule has 5 nitrogen and oxygen atoms in total. The highest BCUT2D eigenvalue weighted by atomic mass is 16.6. The average molecular weight is 193 g/mol. The van der Waals surface area contributed by atoms with Crippen LogP contribution in [0.4, 0.5) is 5.69 Å². The van der Waals surface area contributed by atoms with Crippen LogP contribution < -0.4 is 5.46 Å². The lowest BCUT2D eigenvalue weighted by molar-refractivity contribution is -0.384. The fourth-order valence-electron chi connectivity index (χ4n) is 1.34. The second-order valence-corrected chi connectivity index (χ2v) is 2.93. The normalized spacial score (nSPS) is 15.9. The molecule has 1 fully saturated rings. The highest BCUT2D eigenvalue weighted by molar-refractivity contribution is 6.61. The smallest absolute Gasteiger partial charge is 0.405 e. The first-order chi connectivity index (χ1) is 6.77. The van der Waals surface area contributed by atoms with E-state index in [1.165, 1.54) is 12.1 Å². The highest BCUT2D eigenvalue weighted by Gasteiger charge is 2.27. The maximum atomic E-state index is 10.5. The average Bonchev–Trinajstić information content (AvgIpc) is 2.71. The Labute approximate surface area is 80.9 Å². The SMILES string of the molecule is O=[N+]([O-])c1cccc(B2OCCO2)c1. The van der Waals surface area contributed by atoms with Crippen molar-refractivity contribution < 1.29 is 14.2 Å². The fraction of sp³-hybridized carbons (Fsp3) is 0.250.